The van der Waals surface area contributed by atoms with Crippen LogP contribution in [0.15, 0.2) is 35.2 Å². The number of rotatable bonds is 5. The normalized spacial score (nSPS) is 10.9. The summed E-state index contributed by atoms with van der Waals surface area (Å²) in [6, 6.07) is 8.98. The van der Waals surface area contributed by atoms with Crippen molar-refractivity contribution in [2.45, 2.75) is 6.92 Å². The molecule has 96 valence electrons. The summed E-state index contributed by atoms with van der Waals surface area (Å²) in [4.78, 5) is 12.4. The van der Waals surface area contributed by atoms with E-state index in [1.165, 1.54) is 0 Å². The highest BCUT2D eigenvalue weighted by Gasteiger charge is 2.19. The van der Waals surface area contributed by atoms with Crippen molar-refractivity contribution >= 4 is 34.4 Å². The highest BCUT2D eigenvalue weighted by atomic mass is 32.2. The minimum Gasteiger partial charge on any atom is -0.462 e. The highest BCUT2D eigenvalue weighted by Crippen LogP contribution is 2.35. The van der Waals surface area contributed by atoms with Gasteiger partial charge in [0, 0.05) is 0 Å². The Balaban J connectivity index is 3.30. The van der Waals surface area contributed by atoms with Crippen molar-refractivity contribution in [2.24, 2.45) is 0 Å². The Hall–Kier alpha value is -1.89. The largest absolute Gasteiger partial charge is 0.462 e. The summed E-state index contributed by atoms with van der Waals surface area (Å²) in [6.07, 6.45) is 0. The van der Waals surface area contributed by atoms with E-state index in [1.807, 2.05) is 16.9 Å². The number of nitriles is 2. The molecule has 0 fully saturated rings. The monoisotopic (exact) mass is 290 g/mol. The van der Waals surface area contributed by atoms with E-state index in [0.717, 1.165) is 11.8 Å². The van der Waals surface area contributed by atoms with Gasteiger partial charge >= 0.3 is 5.97 Å². The third kappa shape index (κ3) is 4.36. The lowest BCUT2D eigenvalue weighted by Crippen LogP contribution is -2.06. The van der Waals surface area contributed by atoms with Gasteiger partial charge in [-0.15, -0.1) is 0 Å². The van der Waals surface area contributed by atoms with Crippen LogP contribution in [-0.4, -0.2) is 12.6 Å². The van der Waals surface area contributed by atoms with Gasteiger partial charge in [0.25, 0.3) is 0 Å². The molecule has 19 heavy (non-hydrogen) atoms. The summed E-state index contributed by atoms with van der Waals surface area (Å²) in [5.74, 6) is -0.587. The zero-order valence-electron chi connectivity index (χ0n) is 10.1. The van der Waals surface area contributed by atoms with Gasteiger partial charge in [-0.05, 0) is 36.0 Å². The van der Waals surface area contributed by atoms with Gasteiger partial charge in [-0.25, -0.2) is 4.79 Å². The maximum atomic E-state index is 11.8. The van der Waals surface area contributed by atoms with Crippen molar-refractivity contribution in [1.29, 1.82) is 10.5 Å². The Kier molecular flexibility index (Phi) is 6.59. The molecule has 0 heterocycles. The Morgan fingerprint density at radius 2 is 1.84 bits per heavy atom. The fourth-order valence-electron chi connectivity index (χ4n) is 1.29. The van der Waals surface area contributed by atoms with Crippen LogP contribution in [0.5, 0.6) is 0 Å². The van der Waals surface area contributed by atoms with Crippen LogP contribution >= 0.6 is 23.5 Å². The number of thioether (sulfide) groups is 2. The van der Waals surface area contributed by atoms with Crippen LogP contribution in [0.3, 0.4) is 0 Å². The van der Waals surface area contributed by atoms with Crippen LogP contribution in [0.25, 0.3) is 4.91 Å². The fraction of sp³-hybridized carbons (Fsp3) is 0.154. The summed E-state index contributed by atoms with van der Waals surface area (Å²) >= 11 is 1.55. The van der Waals surface area contributed by atoms with E-state index in [-0.39, 0.29) is 11.5 Å². The molecule has 6 heteroatoms. The lowest BCUT2D eigenvalue weighted by molar-refractivity contribution is -0.137. The molecule has 1 aromatic rings. The van der Waals surface area contributed by atoms with E-state index in [2.05, 4.69) is 0 Å². The van der Waals surface area contributed by atoms with Gasteiger partial charge < -0.3 is 4.74 Å². The Morgan fingerprint density at radius 1 is 1.21 bits per heavy atom. The quantitative estimate of drug-likeness (QED) is 0.470. The predicted octanol–water partition coefficient (Wildman–Crippen LogP) is 3.35. The molecule has 0 saturated heterocycles. The molecule has 0 saturated carbocycles. The van der Waals surface area contributed by atoms with Crippen molar-refractivity contribution in [3.63, 3.8) is 0 Å². The number of esters is 1. The zero-order valence-corrected chi connectivity index (χ0v) is 11.8. The molecule has 0 aromatic heterocycles. The SMILES string of the molecule is CCOC(=O)/C(SC#N)=C(\SC#N)c1ccccc1. The fourth-order valence-corrected chi connectivity index (χ4v) is 2.51. The molecule has 4 nitrogen and oxygen atoms in total. The number of ether oxygens (including phenoxy) is 1. The molecule has 0 atom stereocenters. The molecular formula is C13H10N2O2S2. The third-order valence-corrected chi connectivity index (χ3v) is 3.53. The average molecular weight is 290 g/mol. The smallest absolute Gasteiger partial charge is 0.346 e. The molecule has 0 aliphatic heterocycles. The molecule has 0 aliphatic carbocycles. The van der Waals surface area contributed by atoms with Crippen LogP contribution in [0.1, 0.15) is 12.5 Å². The Labute approximate surface area is 120 Å². The van der Waals surface area contributed by atoms with Crippen LogP contribution < -0.4 is 0 Å². The van der Waals surface area contributed by atoms with Gasteiger partial charge in [0.15, 0.2) is 0 Å². The van der Waals surface area contributed by atoms with E-state index in [0.29, 0.717) is 22.2 Å². The molecule has 0 unspecified atom stereocenters. The van der Waals surface area contributed by atoms with E-state index in [9.17, 15) is 4.79 Å². The minimum absolute atomic E-state index is 0.141. The first-order chi connectivity index (χ1) is 9.24. The minimum atomic E-state index is -0.587. The van der Waals surface area contributed by atoms with Crippen LogP contribution in [-0.2, 0) is 9.53 Å². The number of benzene rings is 1. The summed E-state index contributed by atoms with van der Waals surface area (Å²) in [5.41, 5.74) is 0.708. The molecule has 0 radical (unpaired) electrons. The number of nitrogens with zero attached hydrogens (tertiary/aromatic N) is 2. The summed E-state index contributed by atoms with van der Waals surface area (Å²) < 4.78 is 4.91. The molecule has 0 amide bonds. The Morgan fingerprint density at radius 3 is 2.37 bits per heavy atom. The van der Waals surface area contributed by atoms with Crippen LogP contribution in [0.2, 0.25) is 0 Å². The zero-order chi connectivity index (χ0) is 14.1. The molecule has 1 aromatic carbocycles. The van der Waals surface area contributed by atoms with Gasteiger partial charge in [-0.2, -0.15) is 10.5 Å². The molecule has 1 rings (SSSR count). The maximum absolute atomic E-state index is 11.8. The number of carbonyl (C=O) groups excluding carboxylic acids is 1. The van der Waals surface area contributed by atoms with E-state index in [1.54, 1.807) is 31.2 Å². The van der Waals surface area contributed by atoms with Gasteiger partial charge in [0.05, 0.1) is 11.5 Å². The summed E-state index contributed by atoms with van der Waals surface area (Å²) in [5, 5.41) is 21.4. The van der Waals surface area contributed by atoms with Gasteiger partial charge in [-0.3, -0.25) is 0 Å². The Bertz CT molecular complexity index is 556. The van der Waals surface area contributed by atoms with Crippen molar-refractivity contribution in [1.82, 2.24) is 0 Å². The second-order valence-electron chi connectivity index (χ2n) is 3.13. The van der Waals surface area contributed by atoms with Crippen LogP contribution in [0.4, 0.5) is 0 Å². The average Bonchev–Trinajstić information content (AvgIpc) is 2.44. The van der Waals surface area contributed by atoms with Gasteiger partial charge in [-0.1, -0.05) is 30.3 Å². The van der Waals surface area contributed by atoms with E-state index in [4.69, 9.17) is 15.3 Å². The number of hydrogen-bond donors (Lipinski definition) is 0. The second kappa shape index (κ2) is 8.25. The van der Waals surface area contributed by atoms with Gasteiger partial charge in [0.1, 0.15) is 15.7 Å². The summed E-state index contributed by atoms with van der Waals surface area (Å²) in [7, 11) is 0. The van der Waals surface area contributed by atoms with Crippen molar-refractivity contribution in [3.05, 3.63) is 40.8 Å². The molecule has 0 N–H and O–H groups in total. The summed E-state index contributed by atoms with van der Waals surface area (Å²) in [6.45, 7) is 1.90. The predicted molar refractivity (Wildman–Crippen MR) is 76.4 cm³/mol. The van der Waals surface area contributed by atoms with Crippen molar-refractivity contribution < 1.29 is 9.53 Å². The topological polar surface area (TPSA) is 73.9 Å². The first kappa shape index (κ1) is 15.2. The first-order valence-corrected chi connectivity index (χ1v) is 6.96. The van der Waals surface area contributed by atoms with Gasteiger partial charge in [0.2, 0.25) is 0 Å². The standard InChI is InChI=1S/C13H10N2O2S2/c1-2-17-13(16)12(19-9-15)11(18-8-14)10-6-4-3-5-7-10/h3-7H,2H2,1H3/b12-11+. The molecular weight excluding hydrogens is 280 g/mol. The third-order valence-electron chi connectivity index (χ3n) is 2.00. The lowest BCUT2D eigenvalue weighted by Gasteiger charge is -2.08. The van der Waals surface area contributed by atoms with Crippen molar-refractivity contribution in [2.75, 3.05) is 6.61 Å². The van der Waals surface area contributed by atoms with Crippen LogP contribution in [0, 0.1) is 21.3 Å². The number of hydrogen-bond acceptors (Lipinski definition) is 6. The molecule has 0 spiro atoms. The molecule has 0 bridgehead atoms. The van der Waals surface area contributed by atoms with E-state index >= 15 is 0 Å². The first-order valence-electron chi connectivity index (χ1n) is 5.33. The highest BCUT2D eigenvalue weighted by molar-refractivity contribution is 8.15. The lowest BCUT2D eigenvalue weighted by atomic mass is 10.2. The van der Waals surface area contributed by atoms with Crippen molar-refractivity contribution in [3.8, 4) is 10.8 Å². The van der Waals surface area contributed by atoms with E-state index < -0.39 is 5.97 Å². The number of thiocyanates is 2. The molecule has 0 aliphatic rings. The maximum Gasteiger partial charge on any atom is 0.346 e. The number of carbonyl (C=O) groups is 1. The second-order valence-corrected chi connectivity index (χ2v) is 4.72.